The van der Waals surface area contributed by atoms with E-state index < -0.39 is 11.6 Å². The van der Waals surface area contributed by atoms with E-state index in [1.54, 1.807) is 56.4 Å². The molecule has 0 aliphatic carbocycles. The highest BCUT2D eigenvalue weighted by atomic mass is 16.5. The summed E-state index contributed by atoms with van der Waals surface area (Å²) in [7, 11) is 6.39. The Bertz CT molecular complexity index is 1270. The third-order valence-corrected chi connectivity index (χ3v) is 6.73. The molecule has 0 bridgehead atoms. The number of hydrogen-bond acceptors (Lipinski definition) is 6. The smallest absolute Gasteiger partial charge is 0.268 e. The predicted octanol–water partition coefficient (Wildman–Crippen LogP) is 3.22. The maximum Gasteiger partial charge on any atom is 0.268 e. The van der Waals surface area contributed by atoms with E-state index in [1.165, 1.54) is 0 Å². The summed E-state index contributed by atoms with van der Waals surface area (Å²) in [4.78, 5) is 29.9. The van der Waals surface area contributed by atoms with Crippen LogP contribution in [0.4, 0.5) is 5.69 Å². The van der Waals surface area contributed by atoms with Crippen molar-refractivity contribution in [2.45, 2.75) is 11.6 Å². The molecule has 3 aromatic rings. The van der Waals surface area contributed by atoms with Crippen LogP contribution in [-0.4, -0.2) is 57.7 Å². The van der Waals surface area contributed by atoms with Gasteiger partial charge in [0.1, 0.15) is 35.1 Å². The molecule has 0 saturated carbocycles. The quantitative estimate of drug-likeness (QED) is 0.511. The van der Waals surface area contributed by atoms with Gasteiger partial charge in [-0.1, -0.05) is 36.4 Å². The van der Waals surface area contributed by atoms with Crippen molar-refractivity contribution in [3.63, 3.8) is 0 Å². The molecule has 8 nitrogen and oxygen atoms in total. The van der Waals surface area contributed by atoms with Crippen molar-refractivity contribution in [2.75, 3.05) is 39.8 Å². The fraction of sp³-hybridized carbons (Fsp3) is 0.259. The van der Waals surface area contributed by atoms with Gasteiger partial charge in [0.05, 0.1) is 27.0 Å². The molecule has 0 unspecified atom stereocenters. The second-order valence-electron chi connectivity index (χ2n) is 8.44. The Balaban J connectivity index is 1.73. The molecule has 0 spiro atoms. The molecule has 0 N–H and O–H groups in total. The van der Waals surface area contributed by atoms with Crippen molar-refractivity contribution in [1.29, 1.82) is 0 Å². The van der Waals surface area contributed by atoms with E-state index in [-0.39, 0.29) is 18.4 Å². The van der Waals surface area contributed by atoms with Crippen LogP contribution in [-0.2, 0) is 15.1 Å². The number of fused-ring (bicyclic) bond motifs is 3. The molecule has 2 aliphatic heterocycles. The molecule has 2 heterocycles. The number of methoxy groups -OCH3 is 3. The van der Waals surface area contributed by atoms with E-state index >= 15 is 0 Å². The minimum Gasteiger partial charge on any atom is -0.497 e. The number of carbonyl (C=O) groups excluding carboxylic acids is 2. The lowest BCUT2D eigenvalue weighted by Crippen LogP contribution is -2.74. The van der Waals surface area contributed by atoms with Crippen LogP contribution in [0, 0.1) is 0 Å². The van der Waals surface area contributed by atoms with Crippen molar-refractivity contribution >= 4 is 17.5 Å². The molecule has 0 aromatic heterocycles. The number of anilines is 1. The van der Waals surface area contributed by atoms with Gasteiger partial charge in [-0.05, 0) is 11.6 Å². The summed E-state index contributed by atoms with van der Waals surface area (Å²) >= 11 is 0. The van der Waals surface area contributed by atoms with Crippen LogP contribution < -0.4 is 23.8 Å². The van der Waals surface area contributed by atoms with E-state index in [1.807, 2.05) is 48.5 Å². The van der Waals surface area contributed by atoms with Crippen LogP contribution in [0.25, 0.3) is 0 Å². The first-order valence-corrected chi connectivity index (χ1v) is 11.2. The van der Waals surface area contributed by atoms with Crippen LogP contribution in [0.2, 0.25) is 0 Å². The summed E-state index contributed by atoms with van der Waals surface area (Å²) in [5, 5.41) is 0. The second kappa shape index (κ2) is 8.54. The van der Waals surface area contributed by atoms with Crippen molar-refractivity contribution in [1.82, 2.24) is 4.90 Å². The summed E-state index contributed by atoms with van der Waals surface area (Å²) in [6.45, 7) is -0.0808. The molecule has 2 aliphatic rings. The van der Waals surface area contributed by atoms with Gasteiger partial charge < -0.3 is 28.7 Å². The van der Waals surface area contributed by atoms with Crippen LogP contribution in [0.3, 0.4) is 0 Å². The van der Waals surface area contributed by atoms with E-state index in [4.69, 9.17) is 18.9 Å². The Morgan fingerprint density at radius 1 is 0.800 bits per heavy atom. The van der Waals surface area contributed by atoms with Crippen LogP contribution >= 0.6 is 0 Å². The summed E-state index contributed by atoms with van der Waals surface area (Å²) in [6.07, 6.45) is -0.923. The predicted molar refractivity (Wildman–Crippen MR) is 129 cm³/mol. The lowest BCUT2D eigenvalue weighted by molar-refractivity contribution is -0.177. The fourth-order valence-electron chi connectivity index (χ4n) is 4.95. The van der Waals surface area contributed by atoms with Crippen LogP contribution in [0.15, 0.2) is 66.7 Å². The lowest BCUT2D eigenvalue weighted by Gasteiger charge is -2.56. The first-order chi connectivity index (χ1) is 16.9. The van der Waals surface area contributed by atoms with Crippen molar-refractivity contribution in [3.8, 4) is 23.0 Å². The number of likely N-dealkylation sites (N-methyl/N-ethyl adjacent to an activating group) is 1. The van der Waals surface area contributed by atoms with Gasteiger partial charge in [-0.2, -0.15) is 0 Å². The Labute approximate surface area is 203 Å². The number of amides is 2. The minimum absolute atomic E-state index is 0.0808. The third kappa shape index (κ3) is 3.36. The lowest BCUT2D eigenvalue weighted by atomic mass is 9.69. The van der Waals surface area contributed by atoms with E-state index in [2.05, 4.69) is 0 Å². The van der Waals surface area contributed by atoms with Gasteiger partial charge in [0.2, 0.25) is 12.0 Å². The maximum atomic E-state index is 13.6. The molecule has 35 heavy (non-hydrogen) atoms. The normalized spacial score (nSPS) is 20.9. The second-order valence-corrected chi connectivity index (χ2v) is 8.44. The molecule has 2 amide bonds. The minimum atomic E-state index is -1.03. The number of β-lactam (4-membered cyclic amide) rings is 1. The zero-order valence-electron chi connectivity index (χ0n) is 20.0. The highest BCUT2D eigenvalue weighted by Gasteiger charge is 2.66. The van der Waals surface area contributed by atoms with Gasteiger partial charge in [-0.15, -0.1) is 0 Å². The van der Waals surface area contributed by atoms with Crippen molar-refractivity contribution < 1.29 is 28.5 Å². The monoisotopic (exact) mass is 474 g/mol. The number of benzene rings is 3. The third-order valence-electron chi connectivity index (χ3n) is 6.73. The SMILES string of the molecule is COc1cc(OC)cc(O[C@@H]2C(=O)N3CC(=O)N(C)c4cc(OC)ccc4[C@]23c2ccccc2)c1. The van der Waals surface area contributed by atoms with Crippen LogP contribution in [0.1, 0.15) is 11.1 Å². The van der Waals surface area contributed by atoms with Crippen LogP contribution in [0.5, 0.6) is 23.0 Å². The number of nitrogens with zero attached hydrogens (tertiary/aromatic N) is 2. The largest absolute Gasteiger partial charge is 0.497 e. The average molecular weight is 475 g/mol. The van der Waals surface area contributed by atoms with Crippen molar-refractivity contribution in [2.24, 2.45) is 0 Å². The number of hydrogen-bond donors (Lipinski definition) is 0. The topological polar surface area (TPSA) is 77.5 Å². The summed E-state index contributed by atoms with van der Waals surface area (Å²) in [5.41, 5.74) is 1.24. The van der Waals surface area contributed by atoms with E-state index in [9.17, 15) is 9.59 Å². The highest BCUT2D eigenvalue weighted by Crippen LogP contribution is 2.53. The highest BCUT2D eigenvalue weighted by molar-refractivity contribution is 6.04. The molecule has 5 rings (SSSR count). The summed E-state index contributed by atoms with van der Waals surface area (Å²) in [6, 6.07) is 20.3. The Hall–Kier alpha value is -4.20. The molecule has 180 valence electrons. The van der Waals surface area contributed by atoms with Gasteiger partial charge in [0.25, 0.3) is 5.91 Å². The molecule has 0 radical (unpaired) electrons. The van der Waals surface area contributed by atoms with Gasteiger partial charge >= 0.3 is 0 Å². The average Bonchev–Trinajstić information content (AvgIpc) is 2.99. The molecular weight excluding hydrogens is 448 g/mol. The fourth-order valence-corrected chi connectivity index (χ4v) is 4.95. The Kier molecular flexibility index (Phi) is 5.51. The first-order valence-electron chi connectivity index (χ1n) is 11.2. The van der Waals surface area contributed by atoms with Gasteiger partial charge in [0, 0.05) is 36.9 Å². The molecule has 2 atom stereocenters. The maximum absolute atomic E-state index is 13.6. The molecule has 1 fully saturated rings. The number of rotatable bonds is 6. The number of ether oxygens (including phenoxy) is 4. The zero-order valence-corrected chi connectivity index (χ0v) is 20.0. The Morgan fingerprint density at radius 3 is 2.06 bits per heavy atom. The van der Waals surface area contributed by atoms with Gasteiger partial charge in [0.15, 0.2) is 0 Å². The standard InChI is InChI=1S/C27H26N2O6/c1-28-23-15-18(32-2)10-11-22(23)27(17-8-6-5-7-9-17)25(26(31)29(27)16-24(28)30)35-21-13-19(33-3)12-20(14-21)34-4/h5-15,25H,16H2,1-4H3/t25-,27-/m1/s1. The Morgan fingerprint density at radius 2 is 1.43 bits per heavy atom. The molecule has 1 saturated heterocycles. The van der Waals surface area contributed by atoms with Crippen molar-refractivity contribution in [3.05, 3.63) is 77.9 Å². The van der Waals surface area contributed by atoms with E-state index in [0.29, 0.717) is 28.7 Å². The van der Waals surface area contributed by atoms with E-state index in [0.717, 1.165) is 11.1 Å². The first kappa shape index (κ1) is 22.6. The zero-order chi connectivity index (χ0) is 24.7. The molecular formula is C27H26N2O6. The van der Waals surface area contributed by atoms with Gasteiger partial charge in [-0.25, -0.2) is 0 Å². The molecule has 3 aromatic carbocycles. The summed E-state index contributed by atoms with van der Waals surface area (Å²) < 4.78 is 22.6. The number of carbonyl (C=O) groups is 2. The van der Waals surface area contributed by atoms with Gasteiger partial charge in [-0.3, -0.25) is 9.59 Å². The molecule has 8 heteroatoms. The summed E-state index contributed by atoms with van der Waals surface area (Å²) in [5.74, 6) is 1.64.